The van der Waals surface area contributed by atoms with Crippen LogP contribution in [0.1, 0.15) is 24.1 Å². The number of hydrogen-bond acceptors (Lipinski definition) is 1. The zero-order valence-corrected chi connectivity index (χ0v) is 7.40. The molecule has 0 aliphatic rings. The largest absolute Gasteiger partial charge is 0.416 e. The Hall–Kier alpha value is -1.10. The number of benzene rings is 1. The van der Waals surface area contributed by atoms with E-state index in [0.29, 0.717) is 6.07 Å². The van der Waals surface area contributed by atoms with Crippen molar-refractivity contribution in [2.45, 2.75) is 19.1 Å². The highest BCUT2D eigenvalue weighted by Crippen LogP contribution is 2.31. The van der Waals surface area contributed by atoms with E-state index < -0.39 is 23.6 Å². The summed E-state index contributed by atoms with van der Waals surface area (Å²) in [6.07, 6.45) is -4.54. The second-order valence-electron chi connectivity index (χ2n) is 3.06. The first kappa shape index (κ1) is 11.0. The van der Waals surface area contributed by atoms with Crippen LogP contribution in [0.15, 0.2) is 18.2 Å². The van der Waals surface area contributed by atoms with Crippen molar-refractivity contribution in [1.82, 2.24) is 0 Å². The maximum absolute atomic E-state index is 12.8. The standard InChI is InChI=1S/C9H9F4N/c1-5(14)6-2-7(9(11,12)13)4-8(10)3-6/h2-5H,14H2,1H3. The van der Waals surface area contributed by atoms with Gasteiger partial charge in [-0.25, -0.2) is 4.39 Å². The summed E-state index contributed by atoms with van der Waals surface area (Å²) in [7, 11) is 0. The first-order valence-electron chi connectivity index (χ1n) is 3.94. The molecule has 1 nitrogen and oxygen atoms in total. The minimum absolute atomic E-state index is 0.136. The van der Waals surface area contributed by atoms with Crippen LogP contribution in [0.2, 0.25) is 0 Å². The molecule has 0 fully saturated rings. The van der Waals surface area contributed by atoms with Gasteiger partial charge in [0.25, 0.3) is 0 Å². The molecule has 1 atom stereocenters. The summed E-state index contributed by atoms with van der Waals surface area (Å²) < 4.78 is 49.4. The van der Waals surface area contributed by atoms with Gasteiger partial charge >= 0.3 is 6.18 Å². The van der Waals surface area contributed by atoms with Crippen LogP contribution in [0.5, 0.6) is 0 Å². The van der Waals surface area contributed by atoms with Gasteiger partial charge in [0.15, 0.2) is 0 Å². The van der Waals surface area contributed by atoms with Gasteiger partial charge in [-0.05, 0) is 30.7 Å². The summed E-state index contributed by atoms with van der Waals surface area (Å²) in [5, 5.41) is 0. The van der Waals surface area contributed by atoms with Gasteiger partial charge in [0, 0.05) is 6.04 Å². The Labute approximate surface area is 78.5 Å². The molecular weight excluding hydrogens is 198 g/mol. The molecule has 0 aliphatic heterocycles. The molecule has 14 heavy (non-hydrogen) atoms. The number of halogens is 4. The molecule has 1 aromatic carbocycles. The second kappa shape index (κ2) is 3.57. The van der Waals surface area contributed by atoms with E-state index in [1.165, 1.54) is 6.92 Å². The van der Waals surface area contributed by atoms with Crippen LogP contribution < -0.4 is 5.73 Å². The van der Waals surface area contributed by atoms with Gasteiger partial charge in [-0.15, -0.1) is 0 Å². The fraction of sp³-hybridized carbons (Fsp3) is 0.333. The van der Waals surface area contributed by atoms with Crippen LogP contribution in [-0.2, 0) is 6.18 Å². The molecule has 0 amide bonds. The van der Waals surface area contributed by atoms with Crippen molar-refractivity contribution in [3.8, 4) is 0 Å². The summed E-state index contributed by atoms with van der Waals surface area (Å²) >= 11 is 0. The van der Waals surface area contributed by atoms with Crippen LogP contribution in [-0.4, -0.2) is 0 Å². The van der Waals surface area contributed by atoms with Gasteiger partial charge in [-0.1, -0.05) is 0 Å². The predicted octanol–water partition coefficient (Wildman–Crippen LogP) is 2.86. The third-order valence-electron chi connectivity index (χ3n) is 1.77. The summed E-state index contributed by atoms with van der Waals surface area (Å²) in [6, 6.07) is 1.69. The number of rotatable bonds is 1. The van der Waals surface area contributed by atoms with Gasteiger partial charge < -0.3 is 5.73 Å². The Morgan fingerprint density at radius 1 is 1.21 bits per heavy atom. The van der Waals surface area contributed by atoms with Crippen molar-refractivity contribution < 1.29 is 17.6 Å². The molecule has 0 saturated carbocycles. The minimum Gasteiger partial charge on any atom is -0.324 e. The van der Waals surface area contributed by atoms with Crippen molar-refractivity contribution >= 4 is 0 Å². The lowest BCUT2D eigenvalue weighted by molar-refractivity contribution is -0.137. The molecule has 1 aromatic rings. The van der Waals surface area contributed by atoms with E-state index in [1.54, 1.807) is 0 Å². The van der Waals surface area contributed by atoms with Crippen LogP contribution in [0, 0.1) is 5.82 Å². The van der Waals surface area contributed by atoms with Crippen LogP contribution in [0.3, 0.4) is 0 Å². The highest BCUT2D eigenvalue weighted by atomic mass is 19.4. The zero-order chi connectivity index (χ0) is 10.9. The zero-order valence-electron chi connectivity index (χ0n) is 7.40. The fourth-order valence-electron chi connectivity index (χ4n) is 1.04. The maximum Gasteiger partial charge on any atom is 0.416 e. The van der Waals surface area contributed by atoms with Crippen LogP contribution in [0.4, 0.5) is 17.6 Å². The summed E-state index contributed by atoms with van der Waals surface area (Å²) in [5.74, 6) is -0.924. The number of nitrogens with two attached hydrogens (primary N) is 1. The highest BCUT2D eigenvalue weighted by molar-refractivity contribution is 5.28. The highest BCUT2D eigenvalue weighted by Gasteiger charge is 2.31. The second-order valence-corrected chi connectivity index (χ2v) is 3.06. The van der Waals surface area contributed by atoms with E-state index in [-0.39, 0.29) is 5.56 Å². The Balaban J connectivity index is 3.21. The van der Waals surface area contributed by atoms with Gasteiger partial charge in [-0.2, -0.15) is 13.2 Å². The molecule has 0 aliphatic carbocycles. The molecule has 0 spiro atoms. The normalized spacial score (nSPS) is 14.1. The average Bonchev–Trinajstić information content (AvgIpc) is 2.01. The van der Waals surface area contributed by atoms with Gasteiger partial charge in [-0.3, -0.25) is 0 Å². The third kappa shape index (κ3) is 2.45. The minimum atomic E-state index is -4.54. The Kier molecular flexibility index (Phi) is 2.80. The van der Waals surface area contributed by atoms with Gasteiger partial charge in [0.1, 0.15) is 5.82 Å². The SMILES string of the molecule is CC(N)c1cc(F)cc(C(F)(F)F)c1. The fourth-order valence-corrected chi connectivity index (χ4v) is 1.04. The lowest BCUT2D eigenvalue weighted by atomic mass is 10.1. The van der Waals surface area contributed by atoms with Crippen molar-refractivity contribution in [2.75, 3.05) is 0 Å². The quantitative estimate of drug-likeness (QED) is 0.704. The Morgan fingerprint density at radius 3 is 2.21 bits per heavy atom. The maximum atomic E-state index is 12.8. The summed E-state index contributed by atoms with van der Waals surface area (Å²) in [4.78, 5) is 0. The van der Waals surface area contributed by atoms with Gasteiger partial charge in [0.2, 0.25) is 0 Å². The van der Waals surface area contributed by atoms with Crippen molar-refractivity contribution in [2.24, 2.45) is 5.73 Å². The van der Waals surface area contributed by atoms with Crippen LogP contribution >= 0.6 is 0 Å². The van der Waals surface area contributed by atoms with E-state index in [2.05, 4.69) is 0 Å². The lowest BCUT2D eigenvalue weighted by Gasteiger charge is -2.11. The molecule has 1 unspecified atom stereocenters. The van der Waals surface area contributed by atoms with Gasteiger partial charge in [0.05, 0.1) is 5.56 Å². The lowest BCUT2D eigenvalue weighted by Crippen LogP contribution is -2.10. The molecule has 5 heteroatoms. The summed E-state index contributed by atoms with van der Waals surface area (Å²) in [6.45, 7) is 1.49. The molecule has 0 saturated heterocycles. The van der Waals surface area contributed by atoms with E-state index in [0.717, 1.165) is 12.1 Å². The van der Waals surface area contributed by atoms with Crippen molar-refractivity contribution in [3.63, 3.8) is 0 Å². The average molecular weight is 207 g/mol. The Morgan fingerprint density at radius 2 is 1.79 bits per heavy atom. The van der Waals surface area contributed by atoms with E-state index in [4.69, 9.17) is 5.73 Å². The van der Waals surface area contributed by atoms with E-state index in [9.17, 15) is 17.6 Å². The molecule has 0 radical (unpaired) electrons. The van der Waals surface area contributed by atoms with Crippen molar-refractivity contribution in [1.29, 1.82) is 0 Å². The van der Waals surface area contributed by atoms with E-state index in [1.807, 2.05) is 0 Å². The van der Waals surface area contributed by atoms with E-state index >= 15 is 0 Å². The van der Waals surface area contributed by atoms with Crippen molar-refractivity contribution in [3.05, 3.63) is 35.1 Å². The smallest absolute Gasteiger partial charge is 0.324 e. The molecular formula is C9H9F4N. The summed E-state index contributed by atoms with van der Waals surface area (Å²) in [5.41, 5.74) is 4.49. The topological polar surface area (TPSA) is 26.0 Å². The molecule has 2 N–H and O–H groups in total. The van der Waals surface area contributed by atoms with Crippen LogP contribution in [0.25, 0.3) is 0 Å². The predicted molar refractivity (Wildman–Crippen MR) is 44.0 cm³/mol. The number of hydrogen-bond donors (Lipinski definition) is 1. The molecule has 1 rings (SSSR count). The molecule has 78 valence electrons. The monoisotopic (exact) mass is 207 g/mol. The number of alkyl halides is 3. The third-order valence-corrected chi connectivity index (χ3v) is 1.77. The Bertz CT molecular complexity index is 330. The molecule has 0 heterocycles. The molecule has 0 aromatic heterocycles. The molecule has 0 bridgehead atoms. The first-order valence-corrected chi connectivity index (χ1v) is 3.94. The first-order chi connectivity index (χ1) is 6.30.